The molecule has 170 valence electrons. The van der Waals surface area contributed by atoms with E-state index in [0.29, 0.717) is 24.7 Å². The number of primary amides is 1. The Hall–Kier alpha value is -4.59. The van der Waals surface area contributed by atoms with Crippen LogP contribution in [0.15, 0.2) is 102 Å². The first-order valence-electron chi connectivity index (χ1n) is 10.8. The van der Waals surface area contributed by atoms with Crippen LogP contribution in [-0.4, -0.2) is 39.3 Å². The van der Waals surface area contributed by atoms with Gasteiger partial charge in [0.05, 0.1) is 18.3 Å². The molecule has 0 saturated heterocycles. The number of benzene rings is 1. The summed E-state index contributed by atoms with van der Waals surface area (Å²) in [6, 6.07) is 9.39. The Labute approximate surface area is 196 Å². The van der Waals surface area contributed by atoms with Gasteiger partial charge in [0.25, 0.3) is 0 Å². The number of carbonyl (C=O) groups excluding carboxylic acids is 1. The number of aliphatic imine (C=N–C) groups is 1. The van der Waals surface area contributed by atoms with Crippen molar-refractivity contribution in [2.24, 2.45) is 10.7 Å². The van der Waals surface area contributed by atoms with Crippen LogP contribution in [-0.2, 0) is 16.1 Å². The van der Waals surface area contributed by atoms with Crippen LogP contribution >= 0.6 is 0 Å². The normalized spacial score (nSPS) is 23.0. The average molecular weight is 454 g/mol. The zero-order valence-corrected chi connectivity index (χ0v) is 18.3. The van der Waals surface area contributed by atoms with E-state index >= 15 is 0 Å². The second-order valence-corrected chi connectivity index (χ2v) is 7.75. The molecule has 0 spiro atoms. The van der Waals surface area contributed by atoms with E-state index < -0.39 is 11.9 Å². The minimum atomic E-state index is -0.649. The van der Waals surface area contributed by atoms with Crippen molar-refractivity contribution in [2.75, 3.05) is 6.54 Å². The molecule has 1 atom stereocenters. The maximum atomic E-state index is 12.0. The molecule has 4 heterocycles. The number of ether oxygens (including phenoxy) is 2. The number of pyridine rings is 1. The summed E-state index contributed by atoms with van der Waals surface area (Å²) in [5.41, 5.74) is 7.35. The van der Waals surface area contributed by atoms with Gasteiger partial charge >= 0.3 is 0 Å². The lowest BCUT2D eigenvalue weighted by Gasteiger charge is -2.19. The number of fused-ring (bicyclic) bond motifs is 4. The molecule has 1 unspecified atom stereocenters. The topological polar surface area (TPSA) is 95.0 Å². The Kier molecular flexibility index (Phi) is 5.94. The van der Waals surface area contributed by atoms with Crippen molar-refractivity contribution in [3.63, 3.8) is 0 Å². The molecule has 8 heteroatoms. The molecule has 2 aliphatic rings. The highest BCUT2D eigenvalue weighted by Crippen LogP contribution is 2.33. The molecule has 2 bridgehead atoms. The highest BCUT2D eigenvalue weighted by Gasteiger charge is 2.29. The van der Waals surface area contributed by atoms with Gasteiger partial charge in [0, 0.05) is 35.9 Å². The summed E-state index contributed by atoms with van der Waals surface area (Å²) in [5, 5.41) is 2.10. The van der Waals surface area contributed by atoms with Crippen LogP contribution in [0.1, 0.15) is 0 Å². The molecule has 1 aromatic carbocycles. The third-order valence-electron chi connectivity index (χ3n) is 5.54. The molecule has 2 N–H and O–H groups in total. The first-order valence-corrected chi connectivity index (χ1v) is 10.8. The van der Waals surface area contributed by atoms with Crippen molar-refractivity contribution in [1.82, 2.24) is 14.5 Å². The van der Waals surface area contributed by atoms with Crippen molar-refractivity contribution in [3.05, 3.63) is 97.4 Å². The predicted octanol–water partition coefficient (Wildman–Crippen LogP) is 3.78. The molecule has 0 fully saturated rings. The molecular formula is C26H23N5O3. The first-order chi connectivity index (χ1) is 16.7. The zero-order chi connectivity index (χ0) is 23.3. The van der Waals surface area contributed by atoms with Gasteiger partial charge in [-0.2, -0.15) is 0 Å². The number of nitrogens with two attached hydrogens (primary N) is 1. The van der Waals surface area contributed by atoms with Crippen LogP contribution in [0.5, 0.6) is 5.88 Å². The number of carbonyl (C=O) groups is 1. The van der Waals surface area contributed by atoms with Crippen molar-refractivity contribution >= 4 is 34.1 Å². The number of amides is 1. The van der Waals surface area contributed by atoms with Gasteiger partial charge in [-0.1, -0.05) is 42.5 Å². The van der Waals surface area contributed by atoms with Crippen LogP contribution in [0.3, 0.4) is 0 Å². The maximum absolute atomic E-state index is 12.0. The molecule has 8 nitrogen and oxygen atoms in total. The molecule has 0 radical (unpaired) electrons. The maximum Gasteiger partial charge on any atom is 0.244 e. The van der Waals surface area contributed by atoms with Crippen LogP contribution in [0.4, 0.5) is 0 Å². The zero-order valence-electron chi connectivity index (χ0n) is 18.3. The molecule has 2 aliphatic heterocycles. The summed E-state index contributed by atoms with van der Waals surface area (Å²) >= 11 is 0. The molecule has 0 saturated carbocycles. The first kappa shape index (κ1) is 21.3. The standard InChI is InChI=1S/C26H23N5O3/c27-25(32)23-16-19-17-31(23)14-11-28-18-33-15-7-3-1-2-6-12-30-13-10-21-20-8-4-5-9-22(20)29-26(34-19)24(21)30/h1-11,13-16,18,23H,12,17H2,(H2,27,32)/b3-1-,6-2+,14-11+,15-7-,28-18-. The molecular weight excluding hydrogens is 430 g/mol. The Morgan fingerprint density at radius 3 is 2.88 bits per heavy atom. The summed E-state index contributed by atoms with van der Waals surface area (Å²) in [5.74, 6) is 0.588. The van der Waals surface area contributed by atoms with Gasteiger partial charge in [-0.15, -0.1) is 0 Å². The summed E-state index contributed by atoms with van der Waals surface area (Å²) in [7, 11) is 0. The van der Waals surface area contributed by atoms with Gasteiger partial charge in [0.1, 0.15) is 17.3 Å². The smallest absolute Gasteiger partial charge is 0.244 e. The minimum Gasteiger partial charge on any atom is -0.453 e. The summed E-state index contributed by atoms with van der Waals surface area (Å²) < 4.78 is 13.6. The van der Waals surface area contributed by atoms with Crippen molar-refractivity contribution in [3.8, 4) is 5.88 Å². The molecule has 3 aromatic rings. The van der Waals surface area contributed by atoms with Crippen LogP contribution < -0.4 is 10.5 Å². The fourth-order valence-electron chi connectivity index (χ4n) is 4.00. The monoisotopic (exact) mass is 453 g/mol. The fourth-order valence-corrected chi connectivity index (χ4v) is 4.00. The number of aromatic nitrogens is 2. The van der Waals surface area contributed by atoms with E-state index in [1.54, 1.807) is 23.3 Å². The van der Waals surface area contributed by atoms with Gasteiger partial charge < -0.3 is 24.7 Å². The second-order valence-electron chi connectivity index (χ2n) is 7.75. The third kappa shape index (κ3) is 4.33. The van der Waals surface area contributed by atoms with E-state index in [-0.39, 0.29) is 0 Å². The molecule has 2 aromatic heterocycles. The van der Waals surface area contributed by atoms with Crippen LogP contribution in [0, 0.1) is 0 Å². The van der Waals surface area contributed by atoms with Gasteiger partial charge in [-0.3, -0.25) is 4.79 Å². The molecule has 5 rings (SSSR count). The van der Waals surface area contributed by atoms with Gasteiger partial charge in [0.2, 0.25) is 11.8 Å². The molecule has 1 amide bonds. The van der Waals surface area contributed by atoms with E-state index in [9.17, 15) is 4.79 Å². The second kappa shape index (κ2) is 9.50. The van der Waals surface area contributed by atoms with Crippen LogP contribution in [0.25, 0.3) is 21.8 Å². The highest BCUT2D eigenvalue weighted by molar-refractivity contribution is 6.06. The van der Waals surface area contributed by atoms with E-state index in [4.69, 9.17) is 20.2 Å². The number of rotatable bonds is 1. The summed E-state index contributed by atoms with van der Waals surface area (Å²) in [6.07, 6.45) is 19.3. The SMILES string of the molecule is NC(=O)C1C=C2CN1/C=C/N=C\O\C=C/C=C\C=C\Cn1ccc3c4ccccc4nc(c31)O2. The van der Waals surface area contributed by atoms with Crippen molar-refractivity contribution in [1.29, 1.82) is 0 Å². The van der Waals surface area contributed by atoms with Gasteiger partial charge in [-0.05, 0) is 24.3 Å². The van der Waals surface area contributed by atoms with E-state index in [0.717, 1.165) is 21.8 Å². The molecule has 0 aliphatic carbocycles. The Morgan fingerprint density at radius 2 is 1.97 bits per heavy atom. The largest absolute Gasteiger partial charge is 0.453 e. The van der Waals surface area contributed by atoms with Gasteiger partial charge in [-0.25, -0.2) is 9.98 Å². The summed E-state index contributed by atoms with van der Waals surface area (Å²) in [6.45, 7) is 0.982. The lowest BCUT2D eigenvalue weighted by Crippen LogP contribution is -2.37. The van der Waals surface area contributed by atoms with E-state index in [2.05, 4.69) is 21.7 Å². The van der Waals surface area contributed by atoms with E-state index in [1.165, 1.54) is 18.9 Å². The lowest BCUT2D eigenvalue weighted by molar-refractivity contribution is -0.120. The predicted molar refractivity (Wildman–Crippen MR) is 132 cm³/mol. The van der Waals surface area contributed by atoms with Crippen molar-refractivity contribution < 1.29 is 14.3 Å². The Balaban J connectivity index is 1.60. The lowest BCUT2D eigenvalue weighted by atomic mass is 10.1. The van der Waals surface area contributed by atoms with Crippen LogP contribution in [0.2, 0.25) is 0 Å². The number of allylic oxidation sites excluding steroid dienone is 5. The Bertz CT molecular complexity index is 1410. The molecule has 34 heavy (non-hydrogen) atoms. The minimum absolute atomic E-state index is 0.348. The number of nitrogens with zero attached hydrogens (tertiary/aromatic N) is 4. The van der Waals surface area contributed by atoms with E-state index in [1.807, 2.05) is 48.7 Å². The summed E-state index contributed by atoms with van der Waals surface area (Å²) in [4.78, 5) is 22.7. The number of para-hydroxylation sites is 1. The number of hydrogen-bond acceptors (Lipinski definition) is 6. The quantitative estimate of drug-likeness (QED) is 0.605. The average Bonchev–Trinajstić information content (AvgIpc) is 3.44. The highest BCUT2D eigenvalue weighted by atomic mass is 16.5. The third-order valence-corrected chi connectivity index (χ3v) is 5.54. The van der Waals surface area contributed by atoms with Crippen molar-refractivity contribution in [2.45, 2.75) is 12.6 Å². The van der Waals surface area contributed by atoms with Gasteiger partial charge in [0.15, 0.2) is 6.40 Å². The fraction of sp³-hybridized carbons (Fsp3) is 0.115. The Morgan fingerprint density at radius 1 is 1.09 bits per heavy atom. The number of hydrogen-bond donors (Lipinski definition) is 1.